The van der Waals surface area contributed by atoms with Crippen molar-refractivity contribution in [2.45, 2.75) is 20.0 Å². The fourth-order valence-corrected chi connectivity index (χ4v) is 4.08. The van der Waals surface area contributed by atoms with Gasteiger partial charge in [-0.2, -0.15) is 0 Å². The van der Waals surface area contributed by atoms with E-state index in [2.05, 4.69) is 56.5 Å². The molecule has 0 aromatic carbocycles. The highest BCUT2D eigenvalue weighted by Gasteiger charge is 2.12. The van der Waals surface area contributed by atoms with Gasteiger partial charge in [-0.05, 0) is 39.9 Å². The average molecular weight is 390 g/mol. The minimum Gasteiger partial charge on any atom is -0.383 e. The molecule has 0 saturated heterocycles. The predicted octanol–water partition coefficient (Wildman–Crippen LogP) is 3.65. The number of anilines is 1. The van der Waals surface area contributed by atoms with Gasteiger partial charge in [-0.3, -0.25) is 0 Å². The number of hydrogen-bond acceptors (Lipinski definition) is 6. The standard InChI is InChI=1S/C14H20BrN3OS2/c1-10-12(7-16-4-5-19-3)21-14(17-10)18(2)8-11-6-13(15)20-9-11/h6,9,16H,4-5,7-8H2,1-3H3. The summed E-state index contributed by atoms with van der Waals surface area (Å²) in [6.07, 6.45) is 0. The van der Waals surface area contributed by atoms with E-state index in [4.69, 9.17) is 4.74 Å². The summed E-state index contributed by atoms with van der Waals surface area (Å²) in [4.78, 5) is 8.17. The monoisotopic (exact) mass is 389 g/mol. The first-order chi connectivity index (χ1) is 10.1. The van der Waals surface area contributed by atoms with Crippen LogP contribution in [-0.4, -0.2) is 32.3 Å². The molecule has 7 heteroatoms. The highest BCUT2D eigenvalue weighted by Crippen LogP contribution is 2.28. The summed E-state index contributed by atoms with van der Waals surface area (Å²) < 4.78 is 6.21. The Morgan fingerprint density at radius 3 is 2.95 bits per heavy atom. The Labute approximate surface area is 142 Å². The lowest BCUT2D eigenvalue weighted by Crippen LogP contribution is -2.18. The van der Waals surface area contributed by atoms with Crippen LogP contribution in [-0.2, 0) is 17.8 Å². The number of methoxy groups -OCH3 is 1. The molecule has 4 nitrogen and oxygen atoms in total. The van der Waals surface area contributed by atoms with Gasteiger partial charge in [0, 0.05) is 38.7 Å². The van der Waals surface area contributed by atoms with E-state index in [0.717, 1.165) is 37.1 Å². The summed E-state index contributed by atoms with van der Waals surface area (Å²) in [6.45, 7) is 5.40. The van der Waals surface area contributed by atoms with Crippen molar-refractivity contribution in [1.82, 2.24) is 10.3 Å². The number of nitrogens with zero attached hydrogens (tertiary/aromatic N) is 2. The van der Waals surface area contributed by atoms with Gasteiger partial charge < -0.3 is 15.0 Å². The normalized spacial score (nSPS) is 11.0. The lowest BCUT2D eigenvalue weighted by molar-refractivity contribution is 0.199. The number of hydrogen-bond donors (Lipinski definition) is 1. The largest absolute Gasteiger partial charge is 0.383 e. The zero-order valence-corrected chi connectivity index (χ0v) is 15.7. The van der Waals surface area contributed by atoms with E-state index in [-0.39, 0.29) is 0 Å². The molecule has 0 unspecified atom stereocenters. The van der Waals surface area contributed by atoms with Gasteiger partial charge in [-0.15, -0.1) is 22.7 Å². The van der Waals surface area contributed by atoms with Crippen LogP contribution in [0.2, 0.25) is 0 Å². The second-order valence-corrected chi connectivity index (χ2v) is 8.14. The Morgan fingerprint density at radius 1 is 1.48 bits per heavy atom. The first-order valence-corrected chi connectivity index (χ1v) is 9.19. The number of nitrogens with one attached hydrogen (secondary N) is 1. The number of ether oxygens (including phenoxy) is 1. The molecule has 0 spiro atoms. The summed E-state index contributed by atoms with van der Waals surface area (Å²) in [5, 5.41) is 6.61. The van der Waals surface area contributed by atoms with Crippen molar-refractivity contribution >= 4 is 43.7 Å². The molecule has 2 rings (SSSR count). The fraction of sp³-hybridized carbons (Fsp3) is 0.500. The van der Waals surface area contributed by atoms with Gasteiger partial charge in [0.1, 0.15) is 0 Å². The fourth-order valence-electron chi connectivity index (χ4n) is 1.89. The molecule has 21 heavy (non-hydrogen) atoms. The topological polar surface area (TPSA) is 37.4 Å². The molecule has 0 amide bonds. The van der Waals surface area contributed by atoms with Gasteiger partial charge in [-0.25, -0.2) is 4.98 Å². The zero-order valence-electron chi connectivity index (χ0n) is 12.5. The molecule has 1 N–H and O–H groups in total. The number of aromatic nitrogens is 1. The third kappa shape index (κ3) is 5.03. The molecule has 0 aliphatic carbocycles. The highest BCUT2D eigenvalue weighted by atomic mass is 79.9. The second-order valence-electron chi connectivity index (χ2n) is 4.79. The molecular weight excluding hydrogens is 370 g/mol. The summed E-state index contributed by atoms with van der Waals surface area (Å²) in [6, 6.07) is 2.16. The van der Waals surface area contributed by atoms with Crippen molar-refractivity contribution in [3.8, 4) is 0 Å². The molecule has 116 valence electrons. The summed E-state index contributed by atoms with van der Waals surface area (Å²) >= 11 is 6.98. The van der Waals surface area contributed by atoms with E-state index in [9.17, 15) is 0 Å². The third-order valence-electron chi connectivity index (χ3n) is 3.02. The van der Waals surface area contributed by atoms with Crippen molar-refractivity contribution in [1.29, 1.82) is 0 Å². The van der Waals surface area contributed by atoms with Crippen LogP contribution in [0.4, 0.5) is 5.13 Å². The quantitative estimate of drug-likeness (QED) is 0.699. The lowest BCUT2D eigenvalue weighted by Gasteiger charge is -2.14. The molecule has 0 aliphatic heterocycles. The van der Waals surface area contributed by atoms with E-state index in [1.807, 2.05) is 0 Å². The van der Waals surface area contributed by atoms with Crippen molar-refractivity contribution in [2.24, 2.45) is 0 Å². The van der Waals surface area contributed by atoms with Crippen molar-refractivity contribution in [2.75, 3.05) is 32.2 Å². The molecule has 0 saturated carbocycles. The Hall–Kier alpha value is -0.470. The highest BCUT2D eigenvalue weighted by molar-refractivity contribution is 9.11. The second kappa shape index (κ2) is 8.24. The smallest absolute Gasteiger partial charge is 0.185 e. The zero-order chi connectivity index (χ0) is 15.2. The van der Waals surface area contributed by atoms with Crippen LogP contribution in [0.25, 0.3) is 0 Å². The maximum atomic E-state index is 5.04. The Bertz CT molecular complexity index is 570. The number of thiazole rings is 1. The van der Waals surface area contributed by atoms with Crippen LogP contribution in [0, 0.1) is 6.92 Å². The molecule has 2 aromatic heterocycles. The van der Waals surface area contributed by atoms with Crippen LogP contribution in [0.5, 0.6) is 0 Å². The van der Waals surface area contributed by atoms with E-state index in [0.29, 0.717) is 0 Å². The molecule has 0 fully saturated rings. The van der Waals surface area contributed by atoms with Crippen LogP contribution in [0.1, 0.15) is 16.1 Å². The minimum absolute atomic E-state index is 0.734. The summed E-state index contributed by atoms with van der Waals surface area (Å²) in [7, 11) is 3.81. The van der Waals surface area contributed by atoms with Gasteiger partial charge in [0.05, 0.1) is 16.1 Å². The lowest BCUT2D eigenvalue weighted by atomic mass is 10.3. The summed E-state index contributed by atoms with van der Waals surface area (Å²) in [5.74, 6) is 0. The molecule has 0 aliphatic rings. The Kier molecular flexibility index (Phi) is 6.63. The first-order valence-electron chi connectivity index (χ1n) is 6.70. The number of thiophene rings is 1. The van der Waals surface area contributed by atoms with Gasteiger partial charge in [0.2, 0.25) is 0 Å². The SMILES string of the molecule is COCCNCc1sc(N(C)Cc2csc(Br)c2)nc1C. The molecule has 2 aromatic rings. The maximum absolute atomic E-state index is 5.04. The summed E-state index contributed by atoms with van der Waals surface area (Å²) in [5.41, 5.74) is 2.42. The van der Waals surface area contributed by atoms with Crippen molar-refractivity contribution in [3.05, 3.63) is 31.4 Å². The molecule has 0 atom stereocenters. The Balaban J connectivity index is 1.93. The van der Waals surface area contributed by atoms with E-state index in [1.54, 1.807) is 29.8 Å². The molecular formula is C14H20BrN3OS2. The van der Waals surface area contributed by atoms with Gasteiger partial charge in [-0.1, -0.05) is 0 Å². The van der Waals surface area contributed by atoms with Crippen LogP contribution < -0.4 is 10.2 Å². The van der Waals surface area contributed by atoms with E-state index >= 15 is 0 Å². The van der Waals surface area contributed by atoms with Gasteiger partial charge in [0.15, 0.2) is 5.13 Å². The first kappa shape index (κ1) is 16.9. The number of rotatable bonds is 8. The van der Waals surface area contributed by atoms with E-state index < -0.39 is 0 Å². The van der Waals surface area contributed by atoms with Gasteiger partial charge >= 0.3 is 0 Å². The molecule has 0 radical (unpaired) electrons. The average Bonchev–Trinajstić information content (AvgIpc) is 3.01. The Morgan fingerprint density at radius 2 is 2.29 bits per heavy atom. The van der Waals surface area contributed by atoms with Crippen LogP contribution in [0.15, 0.2) is 15.2 Å². The van der Waals surface area contributed by atoms with Crippen LogP contribution in [0.3, 0.4) is 0 Å². The van der Waals surface area contributed by atoms with E-state index in [1.165, 1.54) is 14.2 Å². The minimum atomic E-state index is 0.734. The molecule has 2 heterocycles. The van der Waals surface area contributed by atoms with Crippen molar-refractivity contribution < 1.29 is 4.74 Å². The number of aryl methyl sites for hydroxylation is 1. The maximum Gasteiger partial charge on any atom is 0.185 e. The van der Waals surface area contributed by atoms with Crippen molar-refractivity contribution in [3.63, 3.8) is 0 Å². The van der Waals surface area contributed by atoms with Gasteiger partial charge in [0.25, 0.3) is 0 Å². The molecule has 0 bridgehead atoms. The predicted molar refractivity (Wildman–Crippen MR) is 94.6 cm³/mol. The van der Waals surface area contributed by atoms with Crippen LogP contribution >= 0.6 is 38.6 Å². The number of halogens is 1. The third-order valence-corrected chi connectivity index (χ3v) is 5.84.